The summed E-state index contributed by atoms with van der Waals surface area (Å²) in [6, 6.07) is 0. The van der Waals surface area contributed by atoms with E-state index in [4.69, 9.17) is 4.74 Å². The molecule has 1 rings (SSSR count). The fourth-order valence-electron chi connectivity index (χ4n) is 1.50. The Labute approximate surface area is 103 Å². The normalized spacial score (nSPS) is 31.1. The van der Waals surface area contributed by atoms with E-state index >= 15 is 0 Å². The highest BCUT2D eigenvalue weighted by Crippen LogP contribution is 2.19. The SMILES string of the molecule is C[C@@H]1O[C@H](C[N+](C)(C)C)CS1(=O)=O.[I-]. The van der Waals surface area contributed by atoms with Crippen LogP contribution in [0.25, 0.3) is 0 Å². The van der Waals surface area contributed by atoms with Crippen molar-refractivity contribution < 1.29 is 41.6 Å². The molecular weight excluding hydrogens is 317 g/mol. The Balaban J connectivity index is 0.00000169. The number of rotatable bonds is 2. The molecule has 2 atom stereocenters. The van der Waals surface area contributed by atoms with Gasteiger partial charge in [0.25, 0.3) is 0 Å². The van der Waals surface area contributed by atoms with Crippen molar-refractivity contribution in [3.8, 4) is 0 Å². The van der Waals surface area contributed by atoms with E-state index in [1.807, 2.05) is 21.1 Å². The van der Waals surface area contributed by atoms with Gasteiger partial charge in [0.05, 0.1) is 26.9 Å². The molecule has 0 spiro atoms. The summed E-state index contributed by atoms with van der Waals surface area (Å²) in [5, 5.41) is 0. The van der Waals surface area contributed by atoms with Crippen molar-refractivity contribution in [2.24, 2.45) is 0 Å². The van der Waals surface area contributed by atoms with Crippen molar-refractivity contribution in [2.75, 3.05) is 33.4 Å². The quantitative estimate of drug-likeness (QED) is 0.396. The van der Waals surface area contributed by atoms with Crippen LogP contribution in [0.1, 0.15) is 6.92 Å². The number of halogens is 1. The van der Waals surface area contributed by atoms with Crippen LogP contribution in [0.3, 0.4) is 0 Å². The van der Waals surface area contributed by atoms with Gasteiger partial charge in [-0.05, 0) is 6.92 Å². The van der Waals surface area contributed by atoms with E-state index in [0.717, 1.165) is 11.0 Å². The van der Waals surface area contributed by atoms with Crippen molar-refractivity contribution in [2.45, 2.75) is 18.5 Å². The van der Waals surface area contributed by atoms with Crippen molar-refractivity contribution in [1.29, 1.82) is 0 Å². The van der Waals surface area contributed by atoms with Gasteiger partial charge in [-0.1, -0.05) is 0 Å². The van der Waals surface area contributed by atoms with Crippen LogP contribution in [0.15, 0.2) is 0 Å². The predicted molar refractivity (Wildman–Crippen MR) is 51.0 cm³/mol. The number of nitrogens with zero attached hydrogens (tertiary/aromatic N) is 1. The lowest BCUT2D eigenvalue weighted by molar-refractivity contribution is -0.873. The summed E-state index contributed by atoms with van der Waals surface area (Å²) >= 11 is 0. The van der Waals surface area contributed by atoms with E-state index in [1.54, 1.807) is 6.92 Å². The lowest BCUT2D eigenvalue weighted by atomic mass is 10.3. The summed E-state index contributed by atoms with van der Waals surface area (Å²) in [6.07, 6.45) is -0.139. The van der Waals surface area contributed by atoms with Gasteiger partial charge < -0.3 is 33.2 Å². The van der Waals surface area contributed by atoms with Crippen LogP contribution in [0.5, 0.6) is 0 Å². The Bertz CT molecular complexity index is 283. The summed E-state index contributed by atoms with van der Waals surface area (Å²) < 4.78 is 28.7. The summed E-state index contributed by atoms with van der Waals surface area (Å²) in [7, 11) is 3.10. The van der Waals surface area contributed by atoms with Crippen molar-refractivity contribution in [1.82, 2.24) is 0 Å². The molecule has 1 saturated heterocycles. The highest BCUT2D eigenvalue weighted by molar-refractivity contribution is 7.92. The van der Waals surface area contributed by atoms with Gasteiger partial charge in [-0.3, -0.25) is 0 Å². The van der Waals surface area contributed by atoms with Gasteiger partial charge in [0.1, 0.15) is 12.6 Å². The topological polar surface area (TPSA) is 43.4 Å². The average Bonchev–Trinajstić information content (AvgIpc) is 2.01. The van der Waals surface area contributed by atoms with E-state index in [2.05, 4.69) is 0 Å². The lowest BCUT2D eigenvalue weighted by Gasteiger charge is -2.26. The molecule has 1 heterocycles. The molecule has 86 valence electrons. The van der Waals surface area contributed by atoms with Gasteiger partial charge in [0, 0.05) is 0 Å². The molecule has 0 saturated carbocycles. The molecule has 0 N–H and O–H groups in total. The minimum atomic E-state index is -2.98. The van der Waals surface area contributed by atoms with Crippen LogP contribution >= 0.6 is 0 Å². The van der Waals surface area contributed by atoms with Gasteiger partial charge in [0.2, 0.25) is 0 Å². The molecule has 0 radical (unpaired) electrons. The second-order valence-electron chi connectivity index (χ2n) is 4.63. The van der Waals surface area contributed by atoms with E-state index in [-0.39, 0.29) is 35.8 Å². The summed E-state index contributed by atoms with van der Waals surface area (Å²) in [5.74, 6) is 0.170. The third-order valence-electron chi connectivity index (χ3n) is 2.06. The molecule has 0 aromatic rings. The van der Waals surface area contributed by atoms with E-state index in [0.29, 0.717) is 0 Å². The molecule has 14 heavy (non-hydrogen) atoms. The first-order valence-corrected chi connectivity index (χ1v) is 6.10. The molecule has 1 aliphatic heterocycles. The third kappa shape index (κ3) is 4.00. The average molecular weight is 335 g/mol. The maximum atomic E-state index is 11.3. The smallest absolute Gasteiger partial charge is 0.179 e. The monoisotopic (exact) mass is 335 g/mol. The molecule has 0 amide bonds. The second-order valence-corrected chi connectivity index (χ2v) is 6.95. The first kappa shape index (κ1) is 14.6. The number of quaternary nitrogens is 1. The summed E-state index contributed by atoms with van der Waals surface area (Å²) in [5.41, 5.74) is -0.621. The van der Waals surface area contributed by atoms with Gasteiger partial charge in [-0.2, -0.15) is 0 Å². The second kappa shape index (κ2) is 4.63. The minimum absolute atomic E-state index is 0. The molecule has 6 heteroatoms. The van der Waals surface area contributed by atoms with Gasteiger partial charge in [-0.25, -0.2) is 8.42 Å². The molecule has 1 fully saturated rings. The fourth-order valence-corrected chi connectivity index (χ4v) is 2.80. The lowest BCUT2D eigenvalue weighted by Crippen LogP contribution is -3.00. The summed E-state index contributed by atoms with van der Waals surface area (Å²) in [4.78, 5) is 0. The Hall–Kier alpha value is 0.600. The first-order valence-electron chi connectivity index (χ1n) is 4.38. The molecule has 0 aromatic carbocycles. The summed E-state index contributed by atoms with van der Waals surface area (Å²) in [6.45, 7) is 2.34. The Morgan fingerprint density at radius 2 is 1.86 bits per heavy atom. The molecule has 1 aliphatic rings. The van der Waals surface area contributed by atoms with Gasteiger partial charge >= 0.3 is 0 Å². The molecule has 0 aromatic heterocycles. The molecule has 0 aliphatic carbocycles. The van der Waals surface area contributed by atoms with Gasteiger partial charge in [0.15, 0.2) is 15.3 Å². The minimum Gasteiger partial charge on any atom is -1.00 e. The van der Waals surface area contributed by atoms with Crippen LogP contribution in [0.2, 0.25) is 0 Å². The number of sulfone groups is 1. The van der Waals surface area contributed by atoms with Crippen LogP contribution < -0.4 is 24.0 Å². The zero-order valence-electron chi connectivity index (χ0n) is 9.03. The van der Waals surface area contributed by atoms with Crippen LogP contribution in [0.4, 0.5) is 0 Å². The first-order chi connectivity index (χ1) is 5.71. The van der Waals surface area contributed by atoms with E-state index < -0.39 is 15.3 Å². The highest BCUT2D eigenvalue weighted by Gasteiger charge is 2.38. The van der Waals surface area contributed by atoms with Crippen molar-refractivity contribution in [3.63, 3.8) is 0 Å². The highest BCUT2D eigenvalue weighted by atomic mass is 127. The maximum absolute atomic E-state index is 11.3. The van der Waals surface area contributed by atoms with Crippen molar-refractivity contribution >= 4 is 9.84 Å². The van der Waals surface area contributed by atoms with Crippen LogP contribution in [-0.4, -0.2) is 57.9 Å². The number of hydrogen-bond acceptors (Lipinski definition) is 3. The zero-order chi connectivity index (χ0) is 10.3. The standard InChI is InChI=1S/C8H18NO3S.HI/c1-7-12-8(5-9(2,3)4)6-13(7,10)11;/h7-8H,5-6H2,1-4H3;1H/q+1;/p-1/t7-,8-;/m1./s1. The molecular formula is C8H18INO3S. The predicted octanol–water partition coefficient (Wildman–Crippen LogP) is -3.14. The molecule has 0 bridgehead atoms. The Morgan fingerprint density at radius 1 is 1.36 bits per heavy atom. The van der Waals surface area contributed by atoms with E-state index in [1.165, 1.54) is 0 Å². The zero-order valence-corrected chi connectivity index (χ0v) is 12.0. The fraction of sp³-hybridized carbons (Fsp3) is 1.00. The third-order valence-corrected chi connectivity index (χ3v) is 4.02. The number of likely N-dealkylation sites (N-methyl/N-ethyl adjacent to an activating group) is 1. The Morgan fingerprint density at radius 3 is 2.14 bits per heavy atom. The molecule has 0 unspecified atom stereocenters. The van der Waals surface area contributed by atoms with E-state index in [9.17, 15) is 8.42 Å². The van der Waals surface area contributed by atoms with Crippen molar-refractivity contribution in [3.05, 3.63) is 0 Å². The van der Waals surface area contributed by atoms with Crippen LogP contribution in [-0.2, 0) is 14.6 Å². The largest absolute Gasteiger partial charge is 1.00 e. The van der Waals surface area contributed by atoms with Gasteiger partial charge in [-0.15, -0.1) is 0 Å². The maximum Gasteiger partial charge on any atom is 0.179 e. The number of ether oxygens (including phenoxy) is 1. The number of hydrogen-bond donors (Lipinski definition) is 0. The molecule has 4 nitrogen and oxygen atoms in total. The Kier molecular flexibility index (Phi) is 4.83. The van der Waals surface area contributed by atoms with Crippen LogP contribution in [0, 0.1) is 0 Å².